The molecule has 2 rings (SSSR count). The summed E-state index contributed by atoms with van der Waals surface area (Å²) < 4.78 is 0. The van der Waals surface area contributed by atoms with Crippen molar-refractivity contribution in [2.24, 2.45) is 0 Å². The van der Waals surface area contributed by atoms with Crippen molar-refractivity contribution in [3.63, 3.8) is 0 Å². The molecule has 1 atom stereocenters. The molecule has 1 aliphatic rings. The lowest BCUT2D eigenvalue weighted by atomic mass is 10.2. The molecule has 17 heavy (non-hydrogen) atoms. The Kier molecular flexibility index (Phi) is 4.62. The summed E-state index contributed by atoms with van der Waals surface area (Å²) in [6.45, 7) is 0.702. The van der Waals surface area contributed by atoms with E-state index in [0.717, 1.165) is 0 Å². The van der Waals surface area contributed by atoms with E-state index in [-0.39, 0.29) is 5.91 Å². The number of hydrogen-bond acceptors (Lipinski definition) is 4. The van der Waals surface area contributed by atoms with Crippen molar-refractivity contribution in [2.45, 2.75) is 24.5 Å². The molecule has 0 aliphatic carbocycles. The molecule has 0 radical (unpaired) electrons. The molecule has 1 N–H and O–H groups in total. The van der Waals surface area contributed by atoms with E-state index in [4.69, 9.17) is 11.6 Å². The predicted octanol–water partition coefficient (Wildman–Crippen LogP) is 2.15. The molecule has 0 bridgehead atoms. The molecule has 4 nitrogen and oxygen atoms in total. The van der Waals surface area contributed by atoms with Crippen molar-refractivity contribution < 1.29 is 4.79 Å². The maximum Gasteiger partial charge on any atom is 0.271 e. The topological polar surface area (TPSA) is 54.9 Å². The van der Waals surface area contributed by atoms with Gasteiger partial charge in [0.05, 0.1) is 12.4 Å². The standard InChI is InChI=1S/C11H14ClN3OS/c12-10-7-13-9(6-14-10)11(16)15-5-8-3-1-2-4-17-8/h6-8H,1-5H2,(H,15,16). The van der Waals surface area contributed by atoms with Crippen LogP contribution in [0.2, 0.25) is 5.15 Å². The summed E-state index contributed by atoms with van der Waals surface area (Å²) in [5.41, 5.74) is 0.315. The summed E-state index contributed by atoms with van der Waals surface area (Å²) in [6.07, 6.45) is 6.50. The van der Waals surface area contributed by atoms with Gasteiger partial charge in [0.2, 0.25) is 0 Å². The molecule has 1 aromatic rings. The summed E-state index contributed by atoms with van der Waals surface area (Å²) in [7, 11) is 0. The molecule has 0 aromatic carbocycles. The van der Waals surface area contributed by atoms with Gasteiger partial charge in [-0.3, -0.25) is 4.79 Å². The highest BCUT2D eigenvalue weighted by Crippen LogP contribution is 2.24. The number of nitrogens with one attached hydrogen (secondary N) is 1. The average molecular weight is 272 g/mol. The fourth-order valence-corrected chi connectivity index (χ4v) is 3.03. The van der Waals surface area contributed by atoms with Gasteiger partial charge in [-0.1, -0.05) is 18.0 Å². The molecular weight excluding hydrogens is 258 g/mol. The van der Waals surface area contributed by atoms with E-state index in [9.17, 15) is 4.79 Å². The average Bonchev–Trinajstić information content (AvgIpc) is 2.38. The Morgan fingerprint density at radius 3 is 3.00 bits per heavy atom. The zero-order chi connectivity index (χ0) is 12.1. The molecule has 1 aromatic heterocycles. The van der Waals surface area contributed by atoms with E-state index in [1.54, 1.807) is 0 Å². The van der Waals surface area contributed by atoms with Crippen molar-refractivity contribution in [3.05, 3.63) is 23.2 Å². The lowest BCUT2D eigenvalue weighted by Crippen LogP contribution is -2.32. The second-order valence-electron chi connectivity index (χ2n) is 3.92. The molecule has 1 aliphatic heterocycles. The Bertz CT molecular complexity index is 379. The molecule has 92 valence electrons. The van der Waals surface area contributed by atoms with E-state index in [1.165, 1.54) is 37.4 Å². The van der Waals surface area contributed by atoms with Gasteiger partial charge in [0, 0.05) is 11.8 Å². The molecule has 0 saturated carbocycles. The number of aromatic nitrogens is 2. The van der Waals surface area contributed by atoms with Gasteiger partial charge < -0.3 is 5.32 Å². The quantitative estimate of drug-likeness (QED) is 0.915. The van der Waals surface area contributed by atoms with Crippen LogP contribution in [0.4, 0.5) is 0 Å². The van der Waals surface area contributed by atoms with Gasteiger partial charge in [-0.2, -0.15) is 11.8 Å². The van der Waals surface area contributed by atoms with Gasteiger partial charge >= 0.3 is 0 Å². The van der Waals surface area contributed by atoms with Crippen LogP contribution in [0.25, 0.3) is 0 Å². The van der Waals surface area contributed by atoms with Crippen molar-refractivity contribution >= 4 is 29.3 Å². The molecule has 1 fully saturated rings. The van der Waals surface area contributed by atoms with Crippen LogP contribution in [-0.2, 0) is 0 Å². The van der Waals surface area contributed by atoms with Crippen LogP contribution >= 0.6 is 23.4 Å². The molecule has 1 saturated heterocycles. The maximum absolute atomic E-state index is 11.7. The minimum Gasteiger partial charge on any atom is -0.350 e. The predicted molar refractivity (Wildman–Crippen MR) is 69.5 cm³/mol. The zero-order valence-electron chi connectivity index (χ0n) is 9.36. The maximum atomic E-state index is 11.7. The van der Waals surface area contributed by atoms with E-state index in [0.29, 0.717) is 22.6 Å². The second-order valence-corrected chi connectivity index (χ2v) is 5.72. The van der Waals surface area contributed by atoms with Gasteiger partial charge in [0.25, 0.3) is 5.91 Å². The first-order chi connectivity index (χ1) is 8.25. The van der Waals surface area contributed by atoms with E-state index in [2.05, 4.69) is 15.3 Å². The number of carbonyl (C=O) groups excluding carboxylic acids is 1. The molecule has 1 amide bonds. The first kappa shape index (κ1) is 12.6. The number of carbonyl (C=O) groups is 1. The minimum absolute atomic E-state index is 0.180. The first-order valence-electron chi connectivity index (χ1n) is 5.63. The van der Waals surface area contributed by atoms with Gasteiger partial charge in [-0.15, -0.1) is 0 Å². The molecule has 0 spiro atoms. The van der Waals surface area contributed by atoms with Crippen LogP contribution in [0.3, 0.4) is 0 Å². The van der Waals surface area contributed by atoms with E-state index < -0.39 is 0 Å². The highest BCUT2D eigenvalue weighted by atomic mass is 35.5. The number of nitrogens with zero attached hydrogens (tertiary/aromatic N) is 2. The van der Waals surface area contributed by atoms with Crippen LogP contribution in [0.1, 0.15) is 29.8 Å². The van der Waals surface area contributed by atoms with Gasteiger partial charge in [-0.25, -0.2) is 9.97 Å². The van der Waals surface area contributed by atoms with Crippen LogP contribution in [0.5, 0.6) is 0 Å². The van der Waals surface area contributed by atoms with Crippen LogP contribution in [-0.4, -0.2) is 33.4 Å². The van der Waals surface area contributed by atoms with Crippen molar-refractivity contribution in [3.8, 4) is 0 Å². The van der Waals surface area contributed by atoms with Crippen LogP contribution in [0, 0.1) is 0 Å². The third-order valence-corrected chi connectivity index (χ3v) is 4.21. The number of halogens is 1. The lowest BCUT2D eigenvalue weighted by Gasteiger charge is -2.21. The normalized spacial score (nSPS) is 19.9. The Hall–Kier alpha value is -0.810. The number of amides is 1. The monoisotopic (exact) mass is 271 g/mol. The first-order valence-corrected chi connectivity index (χ1v) is 7.06. The molecule has 1 unspecified atom stereocenters. The van der Waals surface area contributed by atoms with E-state index >= 15 is 0 Å². The van der Waals surface area contributed by atoms with Gasteiger partial charge in [0.15, 0.2) is 0 Å². The van der Waals surface area contributed by atoms with Crippen molar-refractivity contribution in [1.29, 1.82) is 0 Å². The Morgan fingerprint density at radius 1 is 1.47 bits per heavy atom. The number of rotatable bonds is 3. The molecule has 6 heteroatoms. The summed E-state index contributed by atoms with van der Waals surface area (Å²) in [4.78, 5) is 19.5. The fourth-order valence-electron chi connectivity index (χ4n) is 1.70. The minimum atomic E-state index is -0.180. The summed E-state index contributed by atoms with van der Waals surface area (Å²) in [5, 5.41) is 3.71. The number of thioether (sulfide) groups is 1. The fraction of sp³-hybridized carbons (Fsp3) is 0.545. The Morgan fingerprint density at radius 2 is 2.35 bits per heavy atom. The lowest BCUT2D eigenvalue weighted by molar-refractivity contribution is 0.0948. The Balaban J connectivity index is 1.82. The van der Waals surface area contributed by atoms with E-state index in [1.807, 2.05) is 11.8 Å². The highest BCUT2D eigenvalue weighted by Gasteiger charge is 2.15. The number of hydrogen-bond donors (Lipinski definition) is 1. The summed E-state index contributed by atoms with van der Waals surface area (Å²) in [6, 6.07) is 0. The second kappa shape index (κ2) is 6.21. The molecule has 2 heterocycles. The third kappa shape index (κ3) is 3.85. The van der Waals surface area contributed by atoms with Crippen LogP contribution < -0.4 is 5.32 Å². The van der Waals surface area contributed by atoms with Gasteiger partial charge in [0.1, 0.15) is 10.8 Å². The smallest absolute Gasteiger partial charge is 0.271 e. The molecular formula is C11H14ClN3OS. The third-order valence-electron chi connectivity index (χ3n) is 2.62. The zero-order valence-corrected chi connectivity index (χ0v) is 10.9. The highest BCUT2D eigenvalue weighted by molar-refractivity contribution is 7.99. The largest absolute Gasteiger partial charge is 0.350 e. The summed E-state index contributed by atoms with van der Waals surface area (Å²) >= 11 is 7.54. The Labute approximate surface area is 110 Å². The van der Waals surface area contributed by atoms with Crippen molar-refractivity contribution in [1.82, 2.24) is 15.3 Å². The summed E-state index contributed by atoms with van der Waals surface area (Å²) in [5.74, 6) is 1.02. The van der Waals surface area contributed by atoms with Crippen molar-refractivity contribution in [2.75, 3.05) is 12.3 Å². The SMILES string of the molecule is O=C(NCC1CCCCS1)c1cnc(Cl)cn1. The van der Waals surface area contributed by atoms with Crippen LogP contribution in [0.15, 0.2) is 12.4 Å². The van der Waals surface area contributed by atoms with Gasteiger partial charge in [-0.05, 0) is 18.6 Å².